The van der Waals surface area contributed by atoms with Gasteiger partial charge in [-0.05, 0) is 28.8 Å². The van der Waals surface area contributed by atoms with E-state index in [1.54, 1.807) is 6.92 Å². The first-order valence-corrected chi connectivity index (χ1v) is 6.47. The molecule has 0 unspecified atom stereocenters. The summed E-state index contributed by atoms with van der Waals surface area (Å²) in [4.78, 5) is 13.2. The van der Waals surface area contributed by atoms with Crippen LogP contribution >= 0.6 is 15.9 Å². The molecule has 4 nitrogen and oxygen atoms in total. The number of aromatic nitrogens is 2. The van der Waals surface area contributed by atoms with Gasteiger partial charge in [-0.1, -0.05) is 0 Å². The van der Waals surface area contributed by atoms with Gasteiger partial charge in [0.05, 0.1) is 12.6 Å². The highest BCUT2D eigenvalue weighted by Crippen LogP contribution is 2.38. The zero-order valence-electron chi connectivity index (χ0n) is 9.24. The molecule has 2 aliphatic rings. The molecule has 1 aliphatic heterocycles. The lowest BCUT2D eigenvalue weighted by molar-refractivity contribution is -0.129. The standard InChI is InChI=1S/C11H14BrN3O/c1-7(16)14-5-4-10-9(6-14)11(12)13-15(10)8-2-3-8/h8H,2-6H2,1H3. The maximum atomic E-state index is 11.4. The molecule has 2 heterocycles. The van der Waals surface area contributed by atoms with Gasteiger partial charge in [0, 0.05) is 31.1 Å². The van der Waals surface area contributed by atoms with Crippen LogP contribution in [0.4, 0.5) is 0 Å². The molecule has 0 radical (unpaired) electrons. The Morgan fingerprint density at radius 1 is 1.50 bits per heavy atom. The van der Waals surface area contributed by atoms with Crippen LogP contribution in [0.15, 0.2) is 4.60 Å². The molecule has 86 valence electrons. The third-order valence-electron chi connectivity index (χ3n) is 3.38. The van der Waals surface area contributed by atoms with Crippen molar-refractivity contribution in [2.75, 3.05) is 6.54 Å². The molecule has 16 heavy (non-hydrogen) atoms. The van der Waals surface area contributed by atoms with Gasteiger partial charge in [0.1, 0.15) is 4.60 Å². The zero-order valence-corrected chi connectivity index (χ0v) is 10.8. The lowest BCUT2D eigenvalue weighted by Crippen LogP contribution is -2.34. The van der Waals surface area contributed by atoms with E-state index in [1.165, 1.54) is 24.1 Å². The zero-order chi connectivity index (χ0) is 11.3. The summed E-state index contributed by atoms with van der Waals surface area (Å²) < 4.78 is 3.08. The largest absolute Gasteiger partial charge is 0.338 e. The SMILES string of the molecule is CC(=O)N1CCc2c(c(Br)nn2C2CC2)C1. The van der Waals surface area contributed by atoms with Crippen LogP contribution < -0.4 is 0 Å². The van der Waals surface area contributed by atoms with Gasteiger partial charge in [-0.3, -0.25) is 9.48 Å². The second-order valence-corrected chi connectivity index (χ2v) is 5.33. The van der Waals surface area contributed by atoms with E-state index in [2.05, 4.69) is 25.7 Å². The summed E-state index contributed by atoms with van der Waals surface area (Å²) in [5, 5.41) is 4.54. The molecule has 0 saturated heterocycles. The Morgan fingerprint density at radius 2 is 2.25 bits per heavy atom. The van der Waals surface area contributed by atoms with Gasteiger partial charge in [0.15, 0.2) is 0 Å². The fourth-order valence-corrected chi connectivity index (χ4v) is 2.82. The lowest BCUT2D eigenvalue weighted by Gasteiger charge is -2.26. The molecule has 1 aromatic rings. The molecule has 5 heteroatoms. The number of amides is 1. The first kappa shape index (κ1) is 10.3. The number of nitrogens with zero attached hydrogens (tertiary/aromatic N) is 3. The second-order valence-electron chi connectivity index (χ2n) is 4.58. The summed E-state index contributed by atoms with van der Waals surface area (Å²) in [6.45, 7) is 3.16. The molecule has 0 atom stereocenters. The van der Waals surface area contributed by atoms with Crippen molar-refractivity contribution in [3.8, 4) is 0 Å². The fraction of sp³-hybridized carbons (Fsp3) is 0.636. The number of halogens is 1. The maximum Gasteiger partial charge on any atom is 0.219 e. The molecule has 3 rings (SSSR count). The van der Waals surface area contributed by atoms with Gasteiger partial charge in [0.2, 0.25) is 5.91 Å². The lowest BCUT2D eigenvalue weighted by atomic mass is 10.1. The monoisotopic (exact) mass is 283 g/mol. The summed E-state index contributed by atoms with van der Waals surface area (Å²) in [6, 6.07) is 0.615. The molecular weight excluding hydrogens is 270 g/mol. The van der Waals surface area contributed by atoms with Crippen molar-refractivity contribution in [1.82, 2.24) is 14.7 Å². The summed E-state index contributed by atoms with van der Waals surface area (Å²) >= 11 is 3.51. The first-order valence-electron chi connectivity index (χ1n) is 5.68. The number of carbonyl (C=O) groups is 1. The smallest absolute Gasteiger partial charge is 0.219 e. The fourth-order valence-electron chi connectivity index (χ4n) is 2.30. The van der Waals surface area contributed by atoms with Crippen molar-refractivity contribution in [2.24, 2.45) is 0 Å². The van der Waals surface area contributed by atoms with Gasteiger partial charge in [-0.15, -0.1) is 0 Å². The Balaban J connectivity index is 1.95. The van der Waals surface area contributed by atoms with Crippen LogP contribution in [0, 0.1) is 0 Å². The van der Waals surface area contributed by atoms with Crippen LogP contribution in [-0.2, 0) is 17.8 Å². The molecule has 0 spiro atoms. The molecular formula is C11H14BrN3O. The van der Waals surface area contributed by atoms with Crippen molar-refractivity contribution in [3.05, 3.63) is 15.9 Å². The van der Waals surface area contributed by atoms with E-state index < -0.39 is 0 Å². The molecule has 0 N–H and O–H groups in total. The Labute approximate surface area is 103 Å². The van der Waals surface area contributed by atoms with Crippen LogP contribution in [0.3, 0.4) is 0 Å². The number of carbonyl (C=O) groups excluding carboxylic acids is 1. The van der Waals surface area contributed by atoms with Crippen molar-refractivity contribution >= 4 is 21.8 Å². The molecule has 1 fully saturated rings. The van der Waals surface area contributed by atoms with Gasteiger partial charge in [-0.25, -0.2) is 0 Å². The van der Waals surface area contributed by atoms with Gasteiger partial charge < -0.3 is 4.90 Å². The average molecular weight is 284 g/mol. The van der Waals surface area contributed by atoms with Crippen LogP contribution in [0.1, 0.15) is 37.1 Å². The maximum absolute atomic E-state index is 11.4. The normalized spacial score (nSPS) is 19.8. The summed E-state index contributed by atoms with van der Waals surface area (Å²) in [5.74, 6) is 0.150. The Morgan fingerprint density at radius 3 is 2.88 bits per heavy atom. The molecule has 1 amide bonds. The minimum Gasteiger partial charge on any atom is -0.338 e. The van der Waals surface area contributed by atoms with Crippen LogP contribution in [0.2, 0.25) is 0 Å². The predicted molar refractivity (Wildman–Crippen MR) is 63.0 cm³/mol. The van der Waals surface area contributed by atoms with Crippen molar-refractivity contribution in [3.63, 3.8) is 0 Å². The minimum absolute atomic E-state index is 0.150. The van der Waals surface area contributed by atoms with Crippen molar-refractivity contribution < 1.29 is 4.79 Å². The first-order chi connectivity index (χ1) is 7.66. The third-order valence-corrected chi connectivity index (χ3v) is 4.01. The number of fused-ring (bicyclic) bond motifs is 1. The van der Waals surface area contributed by atoms with E-state index in [-0.39, 0.29) is 5.91 Å². The molecule has 1 aliphatic carbocycles. The summed E-state index contributed by atoms with van der Waals surface area (Å²) in [5.41, 5.74) is 2.53. The van der Waals surface area contributed by atoms with Gasteiger partial charge >= 0.3 is 0 Å². The third kappa shape index (κ3) is 1.57. The predicted octanol–water partition coefficient (Wildman–Crippen LogP) is 1.89. The summed E-state index contributed by atoms with van der Waals surface area (Å²) in [6.07, 6.45) is 3.43. The topological polar surface area (TPSA) is 38.1 Å². The van der Waals surface area contributed by atoms with Gasteiger partial charge in [0.25, 0.3) is 0 Å². The Bertz CT molecular complexity index is 450. The molecule has 0 bridgehead atoms. The second kappa shape index (κ2) is 3.58. The van der Waals surface area contributed by atoms with E-state index in [4.69, 9.17) is 0 Å². The van der Waals surface area contributed by atoms with Gasteiger partial charge in [-0.2, -0.15) is 5.10 Å². The number of rotatable bonds is 1. The van der Waals surface area contributed by atoms with E-state index in [1.807, 2.05) is 4.90 Å². The van der Waals surface area contributed by atoms with E-state index >= 15 is 0 Å². The van der Waals surface area contributed by atoms with Crippen LogP contribution in [-0.4, -0.2) is 27.1 Å². The van der Waals surface area contributed by atoms with E-state index in [0.29, 0.717) is 12.6 Å². The number of hydrogen-bond donors (Lipinski definition) is 0. The Kier molecular flexibility index (Phi) is 2.31. The molecule has 1 saturated carbocycles. The molecule has 0 aromatic carbocycles. The quantitative estimate of drug-likeness (QED) is 0.789. The highest BCUT2D eigenvalue weighted by atomic mass is 79.9. The average Bonchev–Trinajstić information content (AvgIpc) is 3.04. The number of hydrogen-bond acceptors (Lipinski definition) is 2. The van der Waals surface area contributed by atoms with Crippen LogP contribution in [0.5, 0.6) is 0 Å². The van der Waals surface area contributed by atoms with Crippen LogP contribution in [0.25, 0.3) is 0 Å². The highest BCUT2D eigenvalue weighted by Gasteiger charge is 2.32. The van der Waals surface area contributed by atoms with E-state index in [9.17, 15) is 4.79 Å². The summed E-state index contributed by atoms with van der Waals surface area (Å²) in [7, 11) is 0. The highest BCUT2D eigenvalue weighted by molar-refractivity contribution is 9.10. The van der Waals surface area contributed by atoms with E-state index in [0.717, 1.165) is 17.6 Å². The van der Waals surface area contributed by atoms with Crippen molar-refractivity contribution in [1.29, 1.82) is 0 Å². The minimum atomic E-state index is 0.150. The Hall–Kier alpha value is -0.840. The molecule has 1 aromatic heterocycles. The van der Waals surface area contributed by atoms with Crippen molar-refractivity contribution in [2.45, 2.75) is 38.8 Å².